The standard InChI is InChI=1S/C26H29N3O5/c1-5-29-11-10-23-21(15-29)24(20-8-6-7-9-22(20)28-23)26(31)34-16(2)25(30)27-17-12-18(32-3)14-19(13-17)33-4/h6-9,12-14,16H,5,10-11,15H2,1-4H3,(H,27,30). The molecule has 178 valence electrons. The minimum absolute atomic E-state index is 0.453. The molecule has 8 nitrogen and oxygen atoms in total. The maximum Gasteiger partial charge on any atom is 0.339 e. The number of nitrogens with one attached hydrogen (secondary N) is 1. The van der Waals surface area contributed by atoms with Crippen LogP contribution >= 0.6 is 0 Å². The summed E-state index contributed by atoms with van der Waals surface area (Å²) in [5.41, 5.74) is 3.51. The van der Waals surface area contributed by atoms with Gasteiger partial charge >= 0.3 is 5.97 Å². The largest absolute Gasteiger partial charge is 0.497 e. The van der Waals surface area contributed by atoms with E-state index in [-0.39, 0.29) is 0 Å². The first-order valence-corrected chi connectivity index (χ1v) is 11.3. The van der Waals surface area contributed by atoms with Gasteiger partial charge in [-0.05, 0) is 19.5 Å². The van der Waals surface area contributed by atoms with Gasteiger partial charge in [-0.25, -0.2) is 4.79 Å². The average Bonchev–Trinajstić information content (AvgIpc) is 2.86. The molecule has 0 spiro atoms. The number of carbonyl (C=O) groups excluding carboxylic acids is 2. The fourth-order valence-corrected chi connectivity index (χ4v) is 4.15. The summed E-state index contributed by atoms with van der Waals surface area (Å²) in [7, 11) is 3.06. The number of fused-ring (bicyclic) bond motifs is 2. The molecule has 2 aromatic carbocycles. The number of benzene rings is 2. The number of ether oxygens (including phenoxy) is 3. The number of hydrogen-bond donors (Lipinski definition) is 1. The van der Waals surface area contributed by atoms with Crippen molar-refractivity contribution in [1.29, 1.82) is 0 Å². The average molecular weight is 464 g/mol. The summed E-state index contributed by atoms with van der Waals surface area (Å²) in [6.45, 7) is 6.05. The number of esters is 1. The van der Waals surface area contributed by atoms with Crippen molar-refractivity contribution in [2.45, 2.75) is 32.9 Å². The van der Waals surface area contributed by atoms with Crippen LogP contribution < -0.4 is 14.8 Å². The SMILES string of the molecule is CCN1CCc2nc3ccccc3c(C(=O)OC(C)C(=O)Nc3cc(OC)cc(OC)c3)c2C1. The van der Waals surface area contributed by atoms with Gasteiger partial charge in [0.05, 0.1) is 25.3 Å². The number of methoxy groups -OCH3 is 2. The topological polar surface area (TPSA) is 90.0 Å². The smallest absolute Gasteiger partial charge is 0.339 e. The molecular formula is C26H29N3O5. The first-order valence-electron chi connectivity index (χ1n) is 11.3. The first kappa shape index (κ1) is 23.5. The molecule has 1 aromatic heterocycles. The zero-order valence-corrected chi connectivity index (χ0v) is 19.9. The number of para-hydroxylation sites is 1. The summed E-state index contributed by atoms with van der Waals surface area (Å²) in [4.78, 5) is 33.3. The van der Waals surface area contributed by atoms with Gasteiger partial charge in [-0.15, -0.1) is 0 Å². The van der Waals surface area contributed by atoms with Crippen LogP contribution in [0.15, 0.2) is 42.5 Å². The third-order valence-corrected chi connectivity index (χ3v) is 6.05. The van der Waals surface area contributed by atoms with E-state index in [2.05, 4.69) is 17.1 Å². The van der Waals surface area contributed by atoms with E-state index in [9.17, 15) is 9.59 Å². The van der Waals surface area contributed by atoms with Crippen molar-refractivity contribution >= 4 is 28.5 Å². The molecule has 3 aromatic rings. The Morgan fingerprint density at radius 1 is 1.12 bits per heavy atom. The number of likely N-dealkylation sites (N-methyl/N-ethyl adjacent to an activating group) is 1. The fraction of sp³-hybridized carbons (Fsp3) is 0.346. The predicted octanol–water partition coefficient (Wildman–Crippen LogP) is 3.81. The van der Waals surface area contributed by atoms with E-state index in [4.69, 9.17) is 19.2 Å². The van der Waals surface area contributed by atoms with Crippen molar-refractivity contribution in [3.63, 3.8) is 0 Å². The fourth-order valence-electron chi connectivity index (χ4n) is 4.15. The zero-order valence-electron chi connectivity index (χ0n) is 19.9. The van der Waals surface area contributed by atoms with Gasteiger partial charge in [0.25, 0.3) is 5.91 Å². The Morgan fingerprint density at radius 3 is 2.50 bits per heavy atom. The summed E-state index contributed by atoms with van der Waals surface area (Å²) in [5, 5.41) is 3.50. The minimum Gasteiger partial charge on any atom is -0.497 e. The van der Waals surface area contributed by atoms with Crippen LogP contribution in [0.1, 0.15) is 35.5 Å². The van der Waals surface area contributed by atoms with E-state index in [1.807, 2.05) is 24.3 Å². The van der Waals surface area contributed by atoms with E-state index < -0.39 is 18.0 Å². The number of hydrogen-bond acceptors (Lipinski definition) is 7. The van der Waals surface area contributed by atoms with Crippen LogP contribution in [0.5, 0.6) is 11.5 Å². The van der Waals surface area contributed by atoms with Crippen LogP contribution in [-0.2, 0) is 22.5 Å². The lowest BCUT2D eigenvalue weighted by molar-refractivity contribution is -0.123. The molecule has 1 amide bonds. The zero-order chi connectivity index (χ0) is 24.2. The molecule has 1 atom stereocenters. The normalized spacial score (nSPS) is 14.2. The lowest BCUT2D eigenvalue weighted by Crippen LogP contribution is -2.34. The molecular weight excluding hydrogens is 434 g/mol. The van der Waals surface area contributed by atoms with Gasteiger partial charge in [-0.1, -0.05) is 25.1 Å². The molecule has 1 aliphatic heterocycles. The number of rotatable bonds is 7. The highest BCUT2D eigenvalue weighted by atomic mass is 16.5. The van der Waals surface area contributed by atoms with Gasteiger partial charge in [0.1, 0.15) is 11.5 Å². The summed E-state index contributed by atoms with van der Waals surface area (Å²) >= 11 is 0. The van der Waals surface area contributed by atoms with E-state index in [1.54, 1.807) is 25.1 Å². The van der Waals surface area contributed by atoms with Crippen LogP contribution in [0.4, 0.5) is 5.69 Å². The van der Waals surface area contributed by atoms with Crippen molar-refractivity contribution in [2.75, 3.05) is 32.6 Å². The molecule has 4 rings (SSSR count). The van der Waals surface area contributed by atoms with Crippen molar-refractivity contribution in [3.05, 3.63) is 59.3 Å². The Hall–Kier alpha value is -3.65. The second-order valence-corrected chi connectivity index (χ2v) is 8.19. The second kappa shape index (κ2) is 10.1. The van der Waals surface area contributed by atoms with Crippen molar-refractivity contribution in [1.82, 2.24) is 9.88 Å². The van der Waals surface area contributed by atoms with Gasteiger partial charge < -0.3 is 19.5 Å². The molecule has 1 unspecified atom stereocenters. The van der Waals surface area contributed by atoms with Crippen LogP contribution in [0.25, 0.3) is 10.9 Å². The van der Waals surface area contributed by atoms with E-state index >= 15 is 0 Å². The Balaban J connectivity index is 1.59. The Bertz CT molecular complexity index is 1200. The highest BCUT2D eigenvalue weighted by Gasteiger charge is 2.28. The maximum atomic E-state index is 13.4. The Labute approximate surface area is 198 Å². The van der Waals surface area contributed by atoms with Gasteiger partial charge in [-0.2, -0.15) is 0 Å². The van der Waals surface area contributed by atoms with Gasteiger partial charge in [0, 0.05) is 60.0 Å². The third kappa shape index (κ3) is 4.82. The van der Waals surface area contributed by atoms with Gasteiger partial charge in [0.2, 0.25) is 0 Å². The first-order chi connectivity index (χ1) is 16.4. The number of amides is 1. The molecule has 0 bridgehead atoms. The molecule has 1 N–H and O–H groups in total. The Kier molecular flexibility index (Phi) is 6.98. The van der Waals surface area contributed by atoms with Gasteiger partial charge in [0.15, 0.2) is 6.10 Å². The second-order valence-electron chi connectivity index (χ2n) is 8.19. The molecule has 0 aliphatic carbocycles. The molecule has 8 heteroatoms. The van der Waals surface area contributed by atoms with E-state index in [0.717, 1.165) is 41.7 Å². The van der Waals surface area contributed by atoms with Crippen molar-refractivity contribution in [2.24, 2.45) is 0 Å². The maximum absolute atomic E-state index is 13.4. The highest BCUT2D eigenvalue weighted by Crippen LogP contribution is 2.29. The summed E-state index contributed by atoms with van der Waals surface area (Å²) in [5.74, 6) is 0.0917. The van der Waals surface area contributed by atoms with Crippen LogP contribution in [-0.4, -0.2) is 55.2 Å². The summed E-state index contributed by atoms with van der Waals surface area (Å²) in [6, 6.07) is 12.6. The third-order valence-electron chi connectivity index (χ3n) is 6.05. The number of carbonyl (C=O) groups is 2. The minimum atomic E-state index is -1.02. The summed E-state index contributed by atoms with van der Waals surface area (Å²) < 4.78 is 16.2. The summed E-state index contributed by atoms with van der Waals surface area (Å²) in [6.07, 6.45) is -0.250. The lowest BCUT2D eigenvalue weighted by atomic mass is 9.95. The molecule has 1 aliphatic rings. The number of pyridine rings is 1. The molecule has 0 fully saturated rings. The van der Waals surface area contributed by atoms with Crippen LogP contribution in [0.2, 0.25) is 0 Å². The number of nitrogens with zero attached hydrogens (tertiary/aromatic N) is 2. The van der Waals surface area contributed by atoms with Crippen molar-refractivity contribution in [3.8, 4) is 11.5 Å². The quantitative estimate of drug-likeness (QED) is 0.533. The molecule has 0 saturated carbocycles. The highest BCUT2D eigenvalue weighted by molar-refractivity contribution is 6.06. The van der Waals surface area contributed by atoms with E-state index in [1.165, 1.54) is 14.2 Å². The molecule has 0 radical (unpaired) electrons. The van der Waals surface area contributed by atoms with Gasteiger partial charge in [-0.3, -0.25) is 14.7 Å². The lowest BCUT2D eigenvalue weighted by Gasteiger charge is -2.29. The Morgan fingerprint density at radius 2 is 1.82 bits per heavy atom. The molecule has 0 saturated heterocycles. The van der Waals surface area contributed by atoms with Crippen molar-refractivity contribution < 1.29 is 23.8 Å². The number of aromatic nitrogens is 1. The van der Waals surface area contributed by atoms with E-state index in [0.29, 0.717) is 29.3 Å². The monoisotopic (exact) mass is 463 g/mol. The molecule has 2 heterocycles. The predicted molar refractivity (Wildman–Crippen MR) is 129 cm³/mol. The number of anilines is 1. The molecule has 34 heavy (non-hydrogen) atoms. The van der Waals surface area contributed by atoms with Crippen LogP contribution in [0.3, 0.4) is 0 Å². The van der Waals surface area contributed by atoms with Crippen LogP contribution in [0, 0.1) is 0 Å².